The molecule has 0 bridgehead atoms. The smallest absolute Gasteiger partial charge is 0.132 e. The second-order valence-electron chi connectivity index (χ2n) is 7.12. The predicted molar refractivity (Wildman–Crippen MR) is 110 cm³/mol. The van der Waals surface area contributed by atoms with E-state index in [0.717, 1.165) is 56.4 Å². The SMILES string of the molecule is COc1cc2c(c(OC)c1)C(C)C(c1[nH]c3cc(OC)cc(OC)c3c1C)N2. The van der Waals surface area contributed by atoms with Crippen molar-refractivity contribution in [1.29, 1.82) is 0 Å². The van der Waals surface area contributed by atoms with E-state index in [9.17, 15) is 0 Å². The first-order valence-electron chi connectivity index (χ1n) is 9.29. The quantitative estimate of drug-likeness (QED) is 0.665. The van der Waals surface area contributed by atoms with E-state index < -0.39 is 0 Å². The molecule has 0 radical (unpaired) electrons. The zero-order valence-electron chi connectivity index (χ0n) is 17.1. The van der Waals surface area contributed by atoms with Crippen molar-refractivity contribution in [3.05, 3.63) is 41.1 Å². The van der Waals surface area contributed by atoms with Crippen LogP contribution in [0.2, 0.25) is 0 Å². The summed E-state index contributed by atoms with van der Waals surface area (Å²) in [6.45, 7) is 4.33. The Morgan fingerprint density at radius 3 is 2.11 bits per heavy atom. The van der Waals surface area contributed by atoms with Crippen LogP contribution in [-0.2, 0) is 0 Å². The first kappa shape index (κ1) is 18.3. The molecule has 2 atom stereocenters. The van der Waals surface area contributed by atoms with Crippen LogP contribution in [0.3, 0.4) is 0 Å². The van der Waals surface area contributed by atoms with E-state index in [1.54, 1.807) is 28.4 Å². The molecule has 1 aliphatic heterocycles. The molecule has 28 heavy (non-hydrogen) atoms. The van der Waals surface area contributed by atoms with Crippen LogP contribution in [0.1, 0.15) is 35.7 Å². The monoisotopic (exact) mass is 382 g/mol. The van der Waals surface area contributed by atoms with E-state index in [2.05, 4.69) is 24.1 Å². The Morgan fingerprint density at radius 2 is 1.46 bits per heavy atom. The van der Waals surface area contributed by atoms with Gasteiger partial charge in [-0.15, -0.1) is 0 Å². The normalized spacial score (nSPS) is 17.9. The lowest BCUT2D eigenvalue weighted by atomic mass is 9.92. The molecule has 2 unspecified atom stereocenters. The number of hydrogen-bond acceptors (Lipinski definition) is 5. The summed E-state index contributed by atoms with van der Waals surface area (Å²) in [5, 5.41) is 4.73. The largest absolute Gasteiger partial charge is 0.497 e. The van der Waals surface area contributed by atoms with Crippen molar-refractivity contribution in [3.63, 3.8) is 0 Å². The Kier molecular flexibility index (Phi) is 4.49. The van der Waals surface area contributed by atoms with Crippen molar-refractivity contribution in [2.75, 3.05) is 33.8 Å². The van der Waals surface area contributed by atoms with Crippen molar-refractivity contribution in [2.24, 2.45) is 0 Å². The average molecular weight is 382 g/mol. The molecule has 0 fully saturated rings. The minimum absolute atomic E-state index is 0.0825. The summed E-state index contributed by atoms with van der Waals surface area (Å²) in [7, 11) is 6.71. The van der Waals surface area contributed by atoms with Crippen molar-refractivity contribution < 1.29 is 18.9 Å². The summed E-state index contributed by atoms with van der Waals surface area (Å²) in [6, 6.07) is 7.96. The van der Waals surface area contributed by atoms with Gasteiger partial charge in [-0.25, -0.2) is 0 Å². The van der Waals surface area contributed by atoms with Crippen LogP contribution >= 0.6 is 0 Å². The van der Waals surface area contributed by atoms with Gasteiger partial charge in [-0.1, -0.05) is 6.92 Å². The highest BCUT2D eigenvalue weighted by molar-refractivity contribution is 5.92. The number of benzene rings is 2. The molecule has 2 N–H and O–H groups in total. The molecular weight excluding hydrogens is 356 g/mol. The van der Waals surface area contributed by atoms with Gasteiger partial charge >= 0.3 is 0 Å². The Hall–Kier alpha value is -3.02. The fourth-order valence-electron chi connectivity index (χ4n) is 4.30. The summed E-state index contributed by atoms with van der Waals surface area (Å²) in [5.41, 5.74) is 5.49. The molecule has 0 amide bonds. The summed E-state index contributed by atoms with van der Waals surface area (Å²) < 4.78 is 22.1. The lowest BCUT2D eigenvalue weighted by molar-refractivity contribution is 0.390. The third kappa shape index (κ3) is 2.63. The minimum Gasteiger partial charge on any atom is -0.497 e. The molecule has 0 saturated carbocycles. The standard InChI is InChI=1S/C22H26N2O4/c1-11-19-15(7-13(25-3)9-17(19)27-5)23-21(11)22-12(2)20-16(24-22)8-14(26-4)10-18(20)28-6/h7-11,21,23-24H,1-6H3. The number of ether oxygens (including phenoxy) is 4. The third-order valence-electron chi connectivity index (χ3n) is 5.73. The van der Waals surface area contributed by atoms with Gasteiger partial charge in [0.05, 0.1) is 40.0 Å². The van der Waals surface area contributed by atoms with Gasteiger partial charge in [0.2, 0.25) is 0 Å². The lowest BCUT2D eigenvalue weighted by Crippen LogP contribution is -2.11. The number of rotatable bonds is 5. The fourth-order valence-corrected chi connectivity index (χ4v) is 4.30. The highest BCUT2D eigenvalue weighted by Crippen LogP contribution is 2.51. The maximum absolute atomic E-state index is 5.64. The predicted octanol–water partition coefficient (Wildman–Crippen LogP) is 4.78. The average Bonchev–Trinajstić information content (AvgIpc) is 3.23. The molecule has 1 aromatic heterocycles. The van der Waals surface area contributed by atoms with E-state index >= 15 is 0 Å². The Balaban J connectivity index is 1.84. The molecule has 148 valence electrons. The fraction of sp³-hybridized carbons (Fsp3) is 0.364. The summed E-state index contributed by atoms with van der Waals surface area (Å²) in [4.78, 5) is 3.59. The van der Waals surface area contributed by atoms with E-state index in [1.165, 1.54) is 0 Å². The van der Waals surface area contributed by atoms with Crippen LogP contribution < -0.4 is 24.3 Å². The zero-order valence-corrected chi connectivity index (χ0v) is 17.1. The summed E-state index contributed by atoms with van der Waals surface area (Å²) in [6.07, 6.45) is 0. The first-order valence-corrected chi connectivity index (χ1v) is 9.29. The molecule has 2 aromatic carbocycles. The zero-order chi connectivity index (χ0) is 20.0. The maximum Gasteiger partial charge on any atom is 0.132 e. The third-order valence-corrected chi connectivity index (χ3v) is 5.73. The molecule has 0 saturated heterocycles. The van der Waals surface area contributed by atoms with Gasteiger partial charge in [0, 0.05) is 52.5 Å². The van der Waals surface area contributed by atoms with Crippen molar-refractivity contribution >= 4 is 16.6 Å². The molecular formula is C22H26N2O4. The van der Waals surface area contributed by atoms with Crippen LogP contribution in [0.5, 0.6) is 23.0 Å². The van der Waals surface area contributed by atoms with E-state index in [0.29, 0.717) is 0 Å². The molecule has 6 nitrogen and oxygen atoms in total. The van der Waals surface area contributed by atoms with Crippen molar-refractivity contribution in [3.8, 4) is 23.0 Å². The molecule has 6 heteroatoms. The highest BCUT2D eigenvalue weighted by atomic mass is 16.5. The Bertz CT molecular complexity index is 1040. The second-order valence-corrected chi connectivity index (χ2v) is 7.12. The van der Waals surface area contributed by atoms with Gasteiger partial charge in [0.1, 0.15) is 23.0 Å². The second kappa shape index (κ2) is 6.86. The molecule has 2 heterocycles. The van der Waals surface area contributed by atoms with Crippen LogP contribution in [0.4, 0.5) is 5.69 Å². The van der Waals surface area contributed by atoms with Crippen molar-refractivity contribution in [2.45, 2.75) is 25.8 Å². The summed E-state index contributed by atoms with van der Waals surface area (Å²) in [5.74, 6) is 3.40. The Morgan fingerprint density at radius 1 is 0.821 bits per heavy atom. The van der Waals surface area contributed by atoms with Gasteiger partial charge in [-0.3, -0.25) is 0 Å². The number of aromatic amines is 1. The van der Waals surface area contributed by atoms with Crippen molar-refractivity contribution in [1.82, 2.24) is 4.98 Å². The number of H-pyrrole nitrogens is 1. The number of aryl methyl sites for hydroxylation is 1. The molecule has 4 rings (SSSR count). The molecule has 0 spiro atoms. The number of aromatic nitrogens is 1. The van der Waals surface area contributed by atoms with Gasteiger partial charge in [0.15, 0.2) is 0 Å². The molecule has 3 aromatic rings. The van der Waals surface area contributed by atoms with Crippen LogP contribution in [-0.4, -0.2) is 33.4 Å². The minimum atomic E-state index is 0.0825. The molecule has 0 aliphatic carbocycles. The van der Waals surface area contributed by atoms with E-state index in [4.69, 9.17) is 18.9 Å². The molecule has 1 aliphatic rings. The van der Waals surface area contributed by atoms with Crippen LogP contribution in [0, 0.1) is 6.92 Å². The maximum atomic E-state index is 5.64. The highest BCUT2D eigenvalue weighted by Gasteiger charge is 2.35. The number of anilines is 1. The van der Waals surface area contributed by atoms with Crippen LogP contribution in [0.25, 0.3) is 10.9 Å². The van der Waals surface area contributed by atoms with E-state index in [-0.39, 0.29) is 12.0 Å². The first-order chi connectivity index (χ1) is 13.5. The topological polar surface area (TPSA) is 64.7 Å². The van der Waals surface area contributed by atoms with Gasteiger partial charge in [-0.2, -0.15) is 0 Å². The Labute approximate surface area is 164 Å². The van der Waals surface area contributed by atoms with Crippen LogP contribution in [0.15, 0.2) is 24.3 Å². The van der Waals surface area contributed by atoms with Gasteiger partial charge in [0.25, 0.3) is 0 Å². The van der Waals surface area contributed by atoms with E-state index in [1.807, 2.05) is 24.3 Å². The number of methoxy groups -OCH3 is 4. The lowest BCUT2D eigenvalue weighted by Gasteiger charge is -2.17. The van der Waals surface area contributed by atoms with Gasteiger partial charge in [-0.05, 0) is 12.5 Å². The number of fused-ring (bicyclic) bond motifs is 2. The number of hydrogen-bond donors (Lipinski definition) is 2. The summed E-state index contributed by atoms with van der Waals surface area (Å²) >= 11 is 0. The number of nitrogens with one attached hydrogen (secondary N) is 2. The van der Waals surface area contributed by atoms with Gasteiger partial charge < -0.3 is 29.2 Å².